The molecule has 0 saturated carbocycles. The average molecular weight is 138 g/mol. The van der Waals surface area contributed by atoms with Crippen LogP contribution in [0.4, 0.5) is 4.79 Å². The lowest BCUT2D eigenvalue weighted by atomic mass is 10.7. The van der Waals surface area contributed by atoms with Gasteiger partial charge in [0.25, 0.3) is 0 Å². The van der Waals surface area contributed by atoms with Crippen molar-refractivity contribution in [3.8, 4) is 0 Å². The molecule has 4 nitrogen and oxygen atoms in total. The van der Waals surface area contributed by atoms with Gasteiger partial charge in [-0.3, -0.25) is 9.59 Å². The van der Waals surface area contributed by atoms with Crippen LogP contribution in [0.3, 0.4) is 0 Å². The second kappa shape index (κ2) is 3.26. The van der Waals surface area contributed by atoms with E-state index in [1.165, 1.54) is 0 Å². The van der Waals surface area contributed by atoms with E-state index in [2.05, 4.69) is 0 Å². The Morgan fingerprint density at radius 3 is 2.25 bits per heavy atom. The first kappa shape index (κ1) is 7.23. The van der Waals surface area contributed by atoms with Gasteiger partial charge in [0.05, 0.1) is 0 Å². The molecule has 0 aliphatic carbocycles. The summed E-state index contributed by atoms with van der Waals surface area (Å²) in [5, 5.41) is 8.91. The van der Waals surface area contributed by atoms with Crippen molar-refractivity contribution in [1.82, 2.24) is 5.32 Å². The highest BCUT2D eigenvalue weighted by molar-refractivity contribution is 6.63. The Hall–Kier alpha value is -0.770. The molecule has 0 heterocycles. The molecule has 0 aromatic heterocycles. The van der Waals surface area contributed by atoms with Gasteiger partial charge in [-0.25, -0.2) is 0 Å². The molecule has 0 fully saturated rings. The number of amides is 1. The van der Waals surface area contributed by atoms with Gasteiger partial charge in [-0.05, 0) is 11.6 Å². The van der Waals surface area contributed by atoms with Crippen LogP contribution in [0.25, 0.3) is 0 Å². The maximum Gasteiger partial charge on any atom is 0.323 e. The summed E-state index contributed by atoms with van der Waals surface area (Å²) in [6.45, 7) is -0.428. The lowest BCUT2D eigenvalue weighted by Gasteiger charge is -1.90. The number of nitrogens with one attached hydrogen (secondary N) is 1. The number of halogens is 1. The minimum Gasteiger partial charge on any atom is -0.480 e. The van der Waals surface area contributed by atoms with E-state index >= 15 is 0 Å². The smallest absolute Gasteiger partial charge is 0.323 e. The van der Waals surface area contributed by atoms with Crippen LogP contribution in [0, 0.1) is 0 Å². The number of hydrogen-bond donors (Lipinski definition) is 2. The number of aliphatic carboxylic acids is 1. The van der Waals surface area contributed by atoms with Crippen molar-refractivity contribution in [1.29, 1.82) is 0 Å². The largest absolute Gasteiger partial charge is 0.480 e. The molecule has 0 saturated heterocycles. The van der Waals surface area contributed by atoms with Crippen LogP contribution in [0.5, 0.6) is 0 Å². The Kier molecular flexibility index (Phi) is 2.95. The standard InChI is InChI=1S/C3H4ClNO3/c4-3(8)5-1-2(6)7/h1H2,(H,5,8)(H,6,7). The zero-order valence-corrected chi connectivity index (χ0v) is 4.60. The summed E-state index contributed by atoms with van der Waals surface area (Å²) in [6, 6.07) is 0. The van der Waals surface area contributed by atoms with Gasteiger partial charge >= 0.3 is 11.3 Å². The van der Waals surface area contributed by atoms with Gasteiger partial charge in [-0.15, -0.1) is 0 Å². The van der Waals surface area contributed by atoms with Gasteiger partial charge in [-0.2, -0.15) is 0 Å². The second-order valence-electron chi connectivity index (χ2n) is 1.02. The van der Waals surface area contributed by atoms with E-state index in [0.717, 1.165) is 0 Å². The minimum absolute atomic E-state index is 0.428. The first-order valence-electron chi connectivity index (χ1n) is 1.78. The number of carboxylic acids is 1. The highest BCUT2D eigenvalue weighted by Gasteiger charge is 1.96. The molecular formula is C3H4ClNO3. The molecule has 0 unspecified atom stereocenters. The van der Waals surface area contributed by atoms with Crippen molar-refractivity contribution in [2.75, 3.05) is 6.54 Å². The third kappa shape index (κ3) is 5.23. The maximum atomic E-state index is 9.74. The Bertz CT molecular complexity index is 99.1. The molecule has 0 rings (SSSR count). The number of carbonyl (C=O) groups is 2. The minimum atomic E-state index is -1.11. The molecule has 0 aromatic carbocycles. The van der Waals surface area contributed by atoms with Gasteiger partial charge in [0.2, 0.25) is 0 Å². The van der Waals surface area contributed by atoms with E-state index in [4.69, 9.17) is 16.7 Å². The summed E-state index contributed by atoms with van der Waals surface area (Å²) in [6.07, 6.45) is 0. The first-order valence-corrected chi connectivity index (χ1v) is 2.16. The second-order valence-corrected chi connectivity index (χ2v) is 1.36. The van der Waals surface area contributed by atoms with Gasteiger partial charge < -0.3 is 10.4 Å². The highest BCUT2D eigenvalue weighted by atomic mass is 35.5. The zero-order valence-electron chi connectivity index (χ0n) is 3.85. The van der Waals surface area contributed by atoms with Crippen LogP contribution in [-0.2, 0) is 4.79 Å². The molecule has 0 aromatic rings. The predicted octanol–water partition coefficient (Wildman–Crippen LogP) is 0.0194. The third-order valence-electron chi connectivity index (χ3n) is 0.379. The fourth-order valence-corrected chi connectivity index (χ4v) is 0.212. The van der Waals surface area contributed by atoms with Crippen molar-refractivity contribution >= 4 is 22.9 Å². The number of carbonyl (C=O) groups excluding carboxylic acids is 1. The molecule has 0 aliphatic heterocycles. The highest BCUT2D eigenvalue weighted by Crippen LogP contribution is 1.73. The molecule has 0 atom stereocenters. The molecule has 0 bridgehead atoms. The Labute approximate surface area is 50.4 Å². The van der Waals surface area contributed by atoms with Crippen LogP contribution in [-0.4, -0.2) is 23.0 Å². The molecule has 0 radical (unpaired) electrons. The zero-order chi connectivity index (χ0) is 6.57. The molecule has 2 N–H and O–H groups in total. The molecular weight excluding hydrogens is 133 g/mol. The Morgan fingerprint density at radius 1 is 1.62 bits per heavy atom. The van der Waals surface area contributed by atoms with Crippen molar-refractivity contribution in [2.24, 2.45) is 0 Å². The molecule has 8 heavy (non-hydrogen) atoms. The summed E-state index contributed by atoms with van der Waals surface area (Å²) >= 11 is 4.71. The predicted molar refractivity (Wildman–Crippen MR) is 26.9 cm³/mol. The van der Waals surface area contributed by atoms with Gasteiger partial charge in [0.1, 0.15) is 6.54 Å². The SMILES string of the molecule is O=C(O)CNC(=O)Cl. The quantitative estimate of drug-likeness (QED) is 0.417. The van der Waals surface area contributed by atoms with E-state index in [-0.39, 0.29) is 0 Å². The van der Waals surface area contributed by atoms with Crippen LogP contribution in [0.15, 0.2) is 0 Å². The Balaban J connectivity index is 3.18. The summed E-state index contributed by atoms with van der Waals surface area (Å²) in [5.41, 5.74) is 0. The number of hydrogen-bond acceptors (Lipinski definition) is 2. The molecule has 5 heteroatoms. The Morgan fingerprint density at radius 2 is 2.12 bits per heavy atom. The van der Waals surface area contributed by atoms with Crippen LogP contribution < -0.4 is 5.32 Å². The topological polar surface area (TPSA) is 66.4 Å². The summed E-state index contributed by atoms with van der Waals surface area (Å²) in [7, 11) is 0. The van der Waals surface area contributed by atoms with Gasteiger partial charge in [-0.1, -0.05) is 0 Å². The fraction of sp³-hybridized carbons (Fsp3) is 0.333. The normalized spacial score (nSPS) is 8.12. The van der Waals surface area contributed by atoms with E-state index in [1.54, 1.807) is 0 Å². The van der Waals surface area contributed by atoms with Crippen LogP contribution >= 0.6 is 11.6 Å². The summed E-state index contributed by atoms with van der Waals surface area (Å²) in [4.78, 5) is 19.4. The monoisotopic (exact) mass is 137 g/mol. The number of rotatable bonds is 2. The number of carboxylic acid groups (broad SMARTS) is 1. The van der Waals surface area contributed by atoms with E-state index < -0.39 is 17.9 Å². The average Bonchev–Trinajstić information content (AvgIpc) is 1.61. The fourth-order valence-electron chi connectivity index (χ4n) is 0.145. The molecule has 0 spiro atoms. The van der Waals surface area contributed by atoms with Gasteiger partial charge in [0, 0.05) is 0 Å². The van der Waals surface area contributed by atoms with Crippen molar-refractivity contribution < 1.29 is 14.7 Å². The van der Waals surface area contributed by atoms with Crippen molar-refractivity contribution in [2.45, 2.75) is 0 Å². The third-order valence-corrected chi connectivity index (χ3v) is 0.512. The molecule has 1 amide bonds. The van der Waals surface area contributed by atoms with Crippen LogP contribution in [0.1, 0.15) is 0 Å². The molecule has 46 valence electrons. The van der Waals surface area contributed by atoms with Crippen LogP contribution in [0.2, 0.25) is 0 Å². The van der Waals surface area contributed by atoms with Gasteiger partial charge in [0.15, 0.2) is 0 Å². The van der Waals surface area contributed by atoms with E-state index in [9.17, 15) is 9.59 Å². The lowest BCUT2D eigenvalue weighted by Crippen LogP contribution is -2.24. The lowest BCUT2D eigenvalue weighted by molar-refractivity contribution is -0.135. The van der Waals surface area contributed by atoms with Crippen molar-refractivity contribution in [3.05, 3.63) is 0 Å². The van der Waals surface area contributed by atoms with E-state index in [0.29, 0.717) is 0 Å². The van der Waals surface area contributed by atoms with E-state index in [1.807, 2.05) is 5.32 Å². The summed E-state index contributed by atoms with van der Waals surface area (Å²) < 4.78 is 0. The maximum absolute atomic E-state index is 9.74. The molecule has 0 aliphatic rings. The summed E-state index contributed by atoms with van der Waals surface area (Å²) in [5.74, 6) is -1.11. The van der Waals surface area contributed by atoms with Crippen molar-refractivity contribution in [3.63, 3.8) is 0 Å². The first-order chi connectivity index (χ1) is 3.63.